The number of methoxy groups -OCH3 is 1. The molecule has 5 aliphatic rings. The first-order valence-corrected chi connectivity index (χ1v) is 9.60. The molecule has 1 N–H and O–H groups in total. The highest BCUT2D eigenvalue weighted by Crippen LogP contribution is 2.75. The van der Waals surface area contributed by atoms with Gasteiger partial charge in [-0.2, -0.15) is 0 Å². The number of allylic oxidation sites excluding steroid dienone is 1. The van der Waals surface area contributed by atoms with E-state index in [-0.39, 0.29) is 18.2 Å². The number of esters is 1. The van der Waals surface area contributed by atoms with Gasteiger partial charge in [0.1, 0.15) is 17.9 Å². The fourth-order valence-electron chi connectivity index (χ4n) is 7.14. The minimum atomic E-state index is -1.29. The van der Waals surface area contributed by atoms with Gasteiger partial charge in [0, 0.05) is 24.6 Å². The maximum atomic E-state index is 13.4. The van der Waals surface area contributed by atoms with Crippen LogP contribution in [0.25, 0.3) is 0 Å². The molecule has 4 heterocycles. The van der Waals surface area contributed by atoms with Crippen molar-refractivity contribution in [3.63, 3.8) is 0 Å². The third-order valence-corrected chi connectivity index (χ3v) is 7.99. The molecular weight excluding hydrogens is 344 g/mol. The summed E-state index contributed by atoms with van der Waals surface area (Å²) in [4.78, 5) is 28.7. The van der Waals surface area contributed by atoms with E-state index >= 15 is 0 Å². The molecule has 6 rings (SSSR count). The molecule has 0 aromatic heterocycles. The predicted molar refractivity (Wildman–Crippen MR) is 96.8 cm³/mol. The van der Waals surface area contributed by atoms with Crippen molar-refractivity contribution in [2.24, 2.45) is 11.3 Å². The van der Waals surface area contributed by atoms with Crippen LogP contribution < -0.4 is 5.32 Å². The zero-order valence-corrected chi connectivity index (χ0v) is 15.4. The molecule has 1 aliphatic carbocycles. The maximum absolute atomic E-state index is 13.4. The average Bonchev–Trinajstić information content (AvgIpc) is 3.30. The lowest BCUT2D eigenvalue weighted by atomic mass is 9.42. The third-order valence-electron chi connectivity index (χ3n) is 7.99. The topological polar surface area (TPSA) is 67.9 Å². The van der Waals surface area contributed by atoms with Gasteiger partial charge in [-0.1, -0.05) is 29.8 Å². The summed E-state index contributed by atoms with van der Waals surface area (Å²) in [6.45, 7) is 2.73. The second kappa shape index (κ2) is 4.62. The van der Waals surface area contributed by atoms with Crippen molar-refractivity contribution in [1.29, 1.82) is 0 Å². The summed E-state index contributed by atoms with van der Waals surface area (Å²) in [7, 11) is 1.38. The number of rotatable bonds is 2. The third kappa shape index (κ3) is 1.32. The number of ether oxygens (including phenoxy) is 2. The van der Waals surface area contributed by atoms with Crippen LogP contribution in [0.4, 0.5) is 5.69 Å². The molecule has 6 nitrogen and oxygen atoms in total. The Hall–Kier alpha value is -2.18. The summed E-state index contributed by atoms with van der Waals surface area (Å²) >= 11 is 0. The van der Waals surface area contributed by atoms with E-state index in [4.69, 9.17) is 9.47 Å². The Kier molecular flexibility index (Phi) is 2.71. The van der Waals surface area contributed by atoms with Gasteiger partial charge in [0.05, 0.1) is 18.6 Å². The molecule has 4 aliphatic heterocycles. The Morgan fingerprint density at radius 1 is 1.41 bits per heavy atom. The molecule has 140 valence electrons. The molecule has 0 radical (unpaired) electrons. The molecule has 1 aromatic carbocycles. The standard InChI is InChI=1S/C21H22N2O4/c1-3-12-10-23-16-8-14(12)19(11-24,18(25)26-2)20-9-17(23)27-21(16,20)22-15-7-5-4-6-13(15)20/h3-7,11,14,16-17,22H,8-10H2,1-2H3/t14-,16+,17+,19?,20+,21+/m1/s1. The number of hydrogen-bond acceptors (Lipinski definition) is 6. The lowest BCUT2D eigenvalue weighted by Crippen LogP contribution is -2.78. The number of piperidine rings is 2. The van der Waals surface area contributed by atoms with Gasteiger partial charge in [0.2, 0.25) is 0 Å². The van der Waals surface area contributed by atoms with Crippen molar-refractivity contribution in [3.05, 3.63) is 41.5 Å². The second-order valence-electron chi connectivity index (χ2n) is 8.41. The highest BCUT2D eigenvalue weighted by Gasteiger charge is 2.87. The highest BCUT2D eigenvalue weighted by atomic mass is 16.6. The summed E-state index contributed by atoms with van der Waals surface area (Å²) in [5.74, 6) is -0.611. The average molecular weight is 366 g/mol. The predicted octanol–water partition coefficient (Wildman–Crippen LogP) is 1.81. The number of fused-ring (bicyclic) bond motifs is 4. The number of nitrogens with zero attached hydrogens (tertiary/aromatic N) is 1. The Bertz CT molecular complexity index is 929. The van der Waals surface area contributed by atoms with Crippen molar-refractivity contribution in [1.82, 2.24) is 4.90 Å². The number of aldehydes is 1. The highest BCUT2D eigenvalue weighted by molar-refractivity contribution is 5.99. The number of para-hydroxylation sites is 1. The molecule has 0 amide bonds. The van der Waals surface area contributed by atoms with Gasteiger partial charge < -0.3 is 19.6 Å². The normalized spacial score (nSPS) is 46.9. The fraction of sp³-hybridized carbons (Fsp3) is 0.524. The van der Waals surface area contributed by atoms with Crippen molar-refractivity contribution >= 4 is 17.9 Å². The molecule has 4 fully saturated rings. The molecule has 1 unspecified atom stereocenters. The maximum Gasteiger partial charge on any atom is 0.320 e. The second-order valence-corrected chi connectivity index (χ2v) is 8.41. The zero-order valence-electron chi connectivity index (χ0n) is 15.4. The number of anilines is 1. The van der Waals surface area contributed by atoms with Crippen LogP contribution in [0.1, 0.15) is 25.3 Å². The van der Waals surface area contributed by atoms with E-state index < -0.39 is 22.5 Å². The van der Waals surface area contributed by atoms with Crippen LogP contribution in [0.5, 0.6) is 0 Å². The van der Waals surface area contributed by atoms with E-state index in [0.29, 0.717) is 12.8 Å². The van der Waals surface area contributed by atoms with Crippen LogP contribution in [0.15, 0.2) is 35.9 Å². The number of carbonyl (C=O) groups is 2. The van der Waals surface area contributed by atoms with Crippen LogP contribution in [0.3, 0.4) is 0 Å². The van der Waals surface area contributed by atoms with E-state index in [2.05, 4.69) is 16.3 Å². The zero-order chi connectivity index (χ0) is 18.6. The van der Waals surface area contributed by atoms with Crippen LogP contribution in [-0.4, -0.2) is 48.8 Å². The summed E-state index contributed by atoms with van der Waals surface area (Å²) in [5, 5.41) is 3.63. The van der Waals surface area contributed by atoms with E-state index in [1.54, 1.807) is 0 Å². The van der Waals surface area contributed by atoms with Gasteiger partial charge in [0.15, 0.2) is 5.72 Å². The summed E-state index contributed by atoms with van der Waals surface area (Å²) in [6.07, 6.45) is 4.18. The first kappa shape index (κ1) is 15.8. The minimum absolute atomic E-state index is 0.101. The summed E-state index contributed by atoms with van der Waals surface area (Å²) in [5.41, 5.74) is 0.303. The molecule has 1 saturated carbocycles. The van der Waals surface area contributed by atoms with Gasteiger partial charge in [-0.05, 0) is 25.0 Å². The van der Waals surface area contributed by atoms with E-state index in [1.807, 2.05) is 31.2 Å². The quantitative estimate of drug-likeness (QED) is 0.373. The largest absolute Gasteiger partial charge is 0.468 e. The monoisotopic (exact) mass is 366 g/mol. The molecule has 1 spiro atoms. The van der Waals surface area contributed by atoms with Crippen molar-refractivity contribution in [2.75, 3.05) is 19.0 Å². The Morgan fingerprint density at radius 2 is 2.22 bits per heavy atom. The number of benzene rings is 1. The molecule has 1 aromatic rings. The smallest absolute Gasteiger partial charge is 0.320 e. The van der Waals surface area contributed by atoms with Crippen molar-refractivity contribution < 1.29 is 19.1 Å². The van der Waals surface area contributed by atoms with Gasteiger partial charge in [0.25, 0.3) is 0 Å². The summed E-state index contributed by atoms with van der Waals surface area (Å²) in [6, 6.07) is 8.15. The SMILES string of the molecule is CC=C1CN2[C@@H]3C[C@@]45c6ccccc6N[C@]4(O3)[C@@H]2C[C@H]1C5(C=O)C(=O)OC. The first-order valence-electron chi connectivity index (χ1n) is 9.60. The van der Waals surface area contributed by atoms with Crippen LogP contribution in [0.2, 0.25) is 0 Å². The van der Waals surface area contributed by atoms with Gasteiger partial charge in [-0.15, -0.1) is 0 Å². The lowest BCUT2D eigenvalue weighted by molar-refractivity contribution is -0.182. The number of carbonyl (C=O) groups excluding carboxylic acids is 2. The Morgan fingerprint density at radius 3 is 2.96 bits per heavy atom. The molecule has 27 heavy (non-hydrogen) atoms. The minimum Gasteiger partial charge on any atom is -0.468 e. The molecule has 6 atom stereocenters. The molecule has 4 bridgehead atoms. The van der Waals surface area contributed by atoms with Crippen molar-refractivity contribution in [2.45, 2.75) is 43.2 Å². The van der Waals surface area contributed by atoms with Crippen molar-refractivity contribution in [3.8, 4) is 0 Å². The van der Waals surface area contributed by atoms with Crippen LogP contribution in [0, 0.1) is 11.3 Å². The molecular formula is C21H22N2O4. The number of hydrogen-bond donors (Lipinski definition) is 1. The van der Waals surface area contributed by atoms with Gasteiger partial charge in [-0.3, -0.25) is 9.69 Å². The fourth-order valence-corrected chi connectivity index (χ4v) is 7.14. The molecule has 3 saturated heterocycles. The Balaban J connectivity index is 1.75. The van der Waals surface area contributed by atoms with Gasteiger partial charge in [-0.25, -0.2) is 0 Å². The first-order chi connectivity index (χ1) is 13.1. The van der Waals surface area contributed by atoms with E-state index in [0.717, 1.165) is 29.7 Å². The van der Waals surface area contributed by atoms with Gasteiger partial charge >= 0.3 is 5.97 Å². The molecule has 6 heteroatoms. The van der Waals surface area contributed by atoms with E-state index in [1.165, 1.54) is 7.11 Å². The lowest BCUT2D eigenvalue weighted by Gasteiger charge is -2.63. The number of nitrogens with one attached hydrogen (secondary N) is 1. The Labute approximate surface area is 157 Å². The van der Waals surface area contributed by atoms with Crippen LogP contribution in [-0.2, 0) is 24.5 Å². The van der Waals surface area contributed by atoms with E-state index in [9.17, 15) is 9.59 Å². The van der Waals surface area contributed by atoms with Crippen LogP contribution >= 0.6 is 0 Å². The summed E-state index contributed by atoms with van der Waals surface area (Å²) < 4.78 is 11.9.